The number of benzene rings is 2. The molecule has 0 radical (unpaired) electrons. The smallest absolute Gasteiger partial charge is 0.338 e. The lowest BCUT2D eigenvalue weighted by Crippen LogP contribution is -2.51. The fraction of sp³-hybridized carbons (Fsp3) is 0.280. The number of hydrogen-bond donors (Lipinski definition) is 0. The van der Waals surface area contributed by atoms with Crippen LogP contribution in [0.5, 0.6) is 5.75 Å². The van der Waals surface area contributed by atoms with Crippen molar-refractivity contribution in [1.82, 2.24) is 28.9 Å². The molecule has 1 amide bonds. The van der Waals surface area contributed by atoms with Gasteiger partial charge in [-0.05, 0) is 29.8 Å². The van der Waals surface area contributed by atoms with Crippen LogP contribution in [0.2, 0.25) is 5.02 Å². The second-order valence-corrected chi connectivity index (χ2v) is 8.92. The number of halogens is 1. The maximum Gasteiger partial charge on any atom is 0.338 e. The van der Waals surface area contributed by atoms with Crippen molar-refractivity contribution < 1.29 is 9.53 Å². The first-order valence-electron chi connectivity index (χ1n) is 11.3. The Morgan fingerprint density at radius 2 is 1.86 bits per heavy atom. The number of imidazole rings is 1. The molecule has 0 aliphatic carbocycles. The van der Waals surface area contributed by atoms with Crippen LogP contribution in [-0.2, 0) is 13.6 Å². The Bertz CT molecular complexity index is 1460. The Morgan fingerprint density at radius 1 is 1.09 bits per heavy atom. The van der Waals surface area contributed by atoms with Gasteiger partial charge in [0.1, 0.15) is 11.3 Å². The van der Waals surface area contributed by atoms with Gasteiger partial charge in [-0.3, -0.25) is 9.47 Å². The number of methoxy groups -OCH3 is 1. The molecule has 0 bridgehead atoms. The monoisotopic (exact) mass is 492 g/mol. The van der Waals surface area contributed by atoms with E-state index < -0.39 is 5.69 Å². The van der Waals surface area contributed by atoms with Gasteiger partial charge in [0.2, 0.25) is 0 Å². The third-order valence-corrected chi connectivity index (χ3v) is 6.48. The molecule has 0 saturated carbocycles. The molecule has 1 saturated heterocycles. The average Bonchev–Trinajstić information content (AvgIpc) is 3.13. The number of aryl methyl sites for hydroxylation is 1. The van der Waals surface area contributed by atoms with Gasteiger partial charge in [-0.15, -0.1) is 0 Å². The van der Waals surface area contributed by atoms with Crippen LogP contribution in [-0.4, -0.2) is 68.2 Å². The van der Waals surface area contributed by atoms with E-state index in [0.29, 0.717) is 53.9 Å². The van der Waals surface area contributed by atoms with Crippen molar-refractivity contribution in [2.45, 2.75) is 6.54 Å². The summed E-state index contributed by atoms with van der Waals surface area (Å²) in [7, 11) is 3.20. The summed E-state index contributed by atoms with van der Waals surface area (Å²) in [5, 5.41) is 0.712. The molecule has 1 aliphatic rings. The van der Waals surface area contributed by atoms with Gasteiger partial charge in [0.25, 0.3) is 0 Å². The molecule has 5 rings (SSSR count). The summed E-state index contributed by atoms with van der Waals surface area (Å²) in [6, 6.07) is 14.8. The first kappa shape index (κ1) is 23.1. The highest BCUT2D eigenvalue weighted by molar-refractivity contribution is 6.30. The number of nitrogens with zero attached hydrogens (tertiary/aromatic N) is 6. The van der Waals surface area contributed by atoms with Crippen molar-refractivity contribution in [1.29, 1.82) is 0 Å². The number of fused-ring (bicyclic) bond motifs is 1. The topological polar surface area (TPSA) is 85.5 Å². The second kappa shape index (κ2) is 9.52. The van der Waals surface area contributed by atoms with E-state index in [1.807, 2.05) is 48.5 Å². The van der Waals surface area contributed by atoms with E-state index >= 15 is 0 Å². The fourth-order valence-electron chi connectivity index (χ4n) is 4.33. The summed E-state index contributed by atoms with van der Waals surface area (Å²) in [5.41, 5.74) is 2.23. The summed E-state index contributed by atoms with van der Waals surface area (Å²) in [4.78, 5) is 39.4. The molecule has 35 heavy (non-hydrogen) atoms. The zero-order valence-corrected chi connectivity index (χ0v) is 20.3. The SMILES string of the molecule is COc1cccc(-c2ncc3c(n2)n(C)c(=O)n3C(=O)N2CCN(Cc3cccc(Cl)c3)CC2)c1. The van der Waals surface area contributed by atoms with Gasteiger partial charge >= 0.3 is 11.7 Å². The Balaban J connectivity index is 1.36. The first-order valence-corrected chi connectivity index (χ1v) is 11.7. The van der Waals surface area contributed by atoms with Crippen LogP contribution in [0, 0.1) is 0 Å². The van der Waals surface area contributed by atoms with Gasteiger partial charge in [0.05, 0.1) is 13.3 Å². The van der Waals surface area contributed by atoms with Crippen LogP contribution in [0.15, 0.2) is 59.5 Å². The number of hydrogen-bond acceptors (Lipinski definition) is 6. The summed E-state index contributed by atoms with van der Waals surface area (Å²) in [6.07, 6.45) is 1.53. The highest BCUT2D eigenvalue weighted by Crippen LogP contribution is 2.22. The first-order chi connectivity index (χ1) is 16.9. The van der Waals surface area contributed by atoms with Crippen molar-refractivity contribution in [2.75, 3.05) is 33.3 Å². The molecule has 2 aromatic heterocycles. The van der Waals surface area contributed by atoms with E-state index in [-0.39, 0.29) is 6.03 Å². The quantitative estimate of drug-likeness (QED) is 0.435. The Labute approximate surface area is 207 Å². The number of ether oxygens (including phenoxy) is 1. The van der Waals surface area contributed by atoms with Crippen molar-refractivity contribution in [3.8, 4) is 17.1 Å². The molecule has 0 unspecified atom stereocenters. The van der Waals surface area contributed by atoms with Gasteiger partial charge in [-0.2, -0.15) is 0 Å². The maximum absolute atomic E-state index is 13.4. The molecule has 2 aromatic carbocycles. The van der Waals surface area contributed by atoms with E-state index in [9.17, 15) is 9.59 Å². The molecule has 0 spiro atoms. The Kier molecular flexibility index (Phi) is 6.27. The van der Waals surface area contributed by atoms with Crippen molar-refractivity contribution in [3.05, 3.63) is 75.8 Å². The summed E-state index contributed by atoms with van der Waals surface area (Å²) in [6.45, 7) is 3.20. The minimum absolute atomic E-state index is 0.360. The molecule has 1 aliphatic heterocycles. The number of piperazine rings is 1. The number of aromatic nitrogens is 4. The minimum atomic E-state index is -0.441. The van der Waals surface area contributed by atoms with Gasteiger partial charge < -0.3 is 9.64 Å². The molecule has 0 N–H and O–H groups in total. The van der Waals surface area contributed by atoms with Crippen LogP contribution in [0.4, 0.5) is 4.79 Å². The second-order valence-electron chi connectivity index (χ2n) is 8.49. The predicted molar refractivity (Wildman–Crippen MR) is 134 cm³/mol. The molecule has 10 heteroatoms. The zero-order chi connectivity index (χ0) is 24.5. The average molecular weight is 493 g/mol. The maximum atomic E-state index is 13.4. The van der Waals surface area contributed by atoms with E-state index in [4.69, 9.17) is 16.3 Å². The number of carbonyl (C=O) groups is 1. The van der Waals surface area contributed by atoms with Crippen molar-refractivity contribution in [3.63, 3.8) is 0 Å². The number of carbonyl (C=O) groups excluding carboxylic acids is 1. The summed E-state index contributed by atoms with van der Waals surface area (Å²) < 4.78 is 7.83. The summed E-state index contributed by atoms with van der Waals surface area (Å²) in [5.74, 6) is 1.13. The summed E-state index contributed by atoms with van der Waals surface area (Å²) >= 11 is 6.10. The van der Waals surface area contributed by atoms with E-state index in [1.165, 1.54) is 10.8 Å². The number of rotatable bonds is 4. The normalized spacial score (nSPS) is 14.4. The van der Waals surface area contributed by atoms with E-state index in [1.54, 1.807) is 19.1 Å². The molecular weight excluding hydrogens is 468 g/mol. The number of amides is 1. The van der Waals surface area contributed by atoms with Crippen LogP contribution < -0.4 is 10.4 Å². The standard InChI is InChI=1S/C25H25ClN6O3/c1-29-23-21(15-27-22(28-23)18-6-4-8-20(14-18)35-2)32(24(29)33)25(34)31-11-9-30(10-12-31)16-17-5-3-7-19(26)13-17/h3-8,13-15H,9-12,16H2,1-2H3. The lowest BCUT2D eigenvalue weighted by atomic mass is 10.2. The van der Waals surface area contributed by atoms with Crippen LogP contribution in [0.25, 0.3) is 22.6 Å². The molecule has 180 valence electrons. The van der Waals surface area contributed by atoms with Gasteiger partial charge in [-0.25, -0.2) is 24.1 Å². The van der Waals surface area contributed by atoms with E-state index in [2.05, 4.69) is 14.9 Å². The van der Waals surface area contributed by atoms with Gasteiger partial charge in [0.15, 0.2) is 11.5 Å². The zero-order valence-electron chi connectivity index (χ0n) is 19.5. The van der Waals surface area contributed by atoms with Crippen molar-refractivity contribution >= 4 is 28.8 Å². The lowest BCUT2D eigenvalue weighted by molar-refractivity contribution is 0.136. The van der Waals surface area contributed by atoms with Crippen LogP contribution in [0.3, 0.4) is 0 Å². The third-order valence-electron chi connectivity index (χ3n) is 6.24. The highest BCUT2D eigenvalue weighted by Gasteiger charge is 2.27. The predicted octanol–water partition coefficient (Wildman–Crippen LogP) is 3.24. The molecule has 4 aromatic rings. The Morgan fingerprint density at radius 3 is 2.60 bits per heavy atom. The molecular formula is C25H25ClN6O3. The minimum Gasteiger partial charge on any atom is -0.497 e. The molecule has 9 nitrogen and oxygen atoms in total. The molecule has 1 fully saturated rings. The van der Waals surface area contributed by atoms with Gasteiger partial charge in [0, 0.05) is 50.4 Å². The molecule has 0 atom stereocenters. The van der Waals surface area contributed by atoms with Crippen molar-refractivity contribution in [2.24, 2.45) is 7.05 Å². The highest BCUT2D eigenvalue weighted by atomic mass is 35.5. The fourth-order valence-corrected chi connectivity index (χ4v) is 4.55. The Hall–Kier alpha value is -3.69. The van der Waals surface area contributed by atoms with E-state index in [0.717, 1.165) is 22.2 Å². The van der Waals surface area contributed by atoms with Crippen LogP contribution >= 0.6 is 11.6 Å². The lowest BCUT2D eigenvalue weighted by Gasteiger charge is -2.34. The largest absolute Gasteiger partial charge is 0.497 e. The molecule has 3 heterocycles. The van der Waals surface area contributed by atoms with Crippen LogP contribution in [0.1, 0.15) is 5.56 Å². The third kappa shape index (κ3) is 4.52. The van der Waals surface area contributed by atoms with Gasteiger partial charge in [-0.1, -0.05) is 35.9 Å².